The van der Waals surface area contributed by atoms with Crippen LogP contribution in [-0.4, -0.2) is 19.7 Å². The van der Waals surface area contributed by atoms with Gasteiger partial charge in [0.1, 0.15) is 6.33 Å². The number of rotatable bonds is 1. The molecule has 0 saturated carbocycles. The standard InChI is InChI=1S/C11H9BrN4S/c1-6-9(12)7(2)16(15-6)11-10-8(3-4-17-10)13-5-14-11/h3-5H,1-2H3. The number of nitrogens with zero attached hydrogens (tertiary/aromatic N) is 4. The van der Waals surface area contributed by atoms with E-state index in [4.69, 9.17) is 0 Å². The maximum atomic E-state index is 4.50. The summed E-state index contributed by atoms with van der Waals surface area (Å²) in [4.78, 5) is 8.58. The molecule has 0 aliphatic rings. The summed E-state index contributed by atoms with van der Waals surface area (Å²) in [5.74, 6) is 0.844. The van der Waals surface area contributed by atoms with E-state index >= 15 is 0 Å². The van der Waals surface area contributed by atoms with Gasteiger partial charge in [0.25, 0.3) is 0 Å². The van der Waals surface area contributed by atoms with Crippen LogP contribution in [0.3, 0.4) is 0 Å². The summed E-state index contributed by atoms with van der Waals surface area (Å²) in [5, 5.41) is 6.51. The smallest absolute Gasteiger partial charge is 0.174 e. The Morgan fingerprint density at radius 2 is 2.12 bits per heavy atom. The summed E-state index contributed by atoms with van der Waals surface area (Å²) in [7, 11) is 0. The molecule has 0 aromatic carbocycles. The molecule has 0 bridgehead atoms. The highest BCUT2D eigenvalue weighted by Crippen LogP contribution is 2.27. The van der Waals surface area contributed by atoms with E-state index < -0.39 is 0 Å². The topological polar surface area (TPSA) is 43.6 Å². The first-order valence-electron chi connectivity index (χ1n) is 5.09. The molecule has 6 heteroatoms. The van der Waals surface area contributed by atoms with Crippen LogP contribution in [0.4, 0.5) is 0 Å². The number of halogens is 1. The van der Waals surface area contributed by atoms with Crippen LogP contribution in [0.5, 0.6) is 0 Å². The fraction of sp³-hybridized carbons (Fsp3) is 0.182. The van der Waals surface area contributed by atoms with E-state index in [-0.39, 0.29) is 0 Å². The predicted molar refractivity (Wildman–Crippen MR) is 71.7 cm³/mol. The zero-order valence-corrected chi connectivity index (χ0v) is 11.7. The Hall–Kier alpha value is -1.27. The van der Waals surface area contributed by atoms with E-state index in [1.165, 1.54) is 0 Å². The molecule has 3 heterocycles. The van der Waals surface area contributed by atoms with Gasteiger partial charge >= 0.3 is 0 Å². The number of thiophene rings is 1. The van der Waals surface area contributed by atoms with E-state index in [9.17, 15) is 0 Å². The number of aromatic nitrogens is 4. The molecule has 0 saturated heterocycles. The van der Waals surface area contributed by atoms with Gasteiger partial charge in [-0.2, -0.15) is 5.10 Å². The first-order valence-corrected chi connectivity index (χ1v) is 6.76. The van der Waals surface area contributed by atoms with Crippen LogP contribution in [-0.2, 0) is 0 Å². The lowest BCUT2D eigenvalue weighted by Gasteiger charge is -2.03. The van der Waals surface area contributed by atoms with Crippen molar-refractivity contribution < 1.29 is 0 Å². The van der Waals surface area contributed by atoms with Crippen LogP contribution in [0.25, 0.3) is 16.0 Å². The van der Waals surface area contributed by atoms with E-state index in [2.05, 4.69) is 31.0 Å². The molecule has 0 aliphatic carbocycles. The zero-order chi connectivity index (χ0) is 12.0. The molecule has 0 radical (unpaired) electrons. The highest BCUT2D eigenvalue weighted by molar-refractivity contribution is 9.10. The van der Waals surface area contributed by atoms with Gasteiger partial charge in [0.05, 0.1) is 26.1 Å². The lowest BCUT2D eigenvalue weighted by molar-refractivity contribution is 0.811. The van der Waals surface area contributed by atoms with E-state index in [1.807, 2.05) is 30.0 Å². The van der Waals surface area contributed by atoms with Crippen molar-refractivity contribution in [3.63, 3.8) is 0 Å². The third-order valence-electron chi connectivity index (χ3n) is 2.63. The van der Waals surface area contributed by atoms with Crippen molar-refractivity contribution in [2.24, 2.45) is 0 Å². The van der Waals surface area contributed by atoms with Gasteiger partial charge in [0.2, 0.25) is 0 Å². The second kappa shape index (κ2) is 3.89. The highest BCUT2D eigenvalue weighted by Gasteiger charge is 2.14. The molecule has 17 heavy (non-hydrogen) atoms. The van der Waals surface area contributed by atoms with Crippen molar-refractivity contribution in [1.82, 2.24) is 19.7 Å². The minimum Gasteiger partial charge on any atom is -0.235 e. The number of hydrogen-bond donors (Lipinski definition) is 0. The van der Waals surface area contributed by atoms with E-state index in [0.29, 0.717) is 0 Å². The SMILES string of the molecule is Cc1nn(-c2ncnc3ccsc23)c(C)c1Br. The van der Waals surface area contributed by atoms with Crippen LogP contribution in [0, 0.1) is 13.8 Å². The summed E-state index contributed by atoms with van der Waals surface area (Å²) in [6, 6.07) is 1.99. The third-order valence-corrected chi connectivity index (χ3v) is 4.68. The van der Waals surface area contributed by atoms with Crippen LogP contribution >= 0.6 is 27.3 Å². The van der Waals surface area contributed by atoms with Crippen LogP contribution in [0.15, 0.2) is 22.2 Å². The normalized spacial score (nSPS) is 11.2. The zero-order valence-electron chi connectivity index (χ0n) is 9.31. The average molecular weight is 309 g/mol. The Kier molecular flexibility index (Phi) is 2.48. The molecule has 0 fully saturated rings. The largest absolute Gasteiger partial charge is 0.235 e. The summed E-state index contributed by atoms with van der Waals surface area (Å²) < 4.78 is 3.95. The number of fused-ring (bicyclic) bond motifs is 1. The Balaban J connectivity index is 2.34. The van der Waals surface area contributed by atoms with Gasteiger partial charge in [0.15, 0.2) is 5.82 Å². The first kappa shape index (κ1) is 10.9. The summed E-state index contributed by atoms with van der Waals surface area (Å²) in [6.07, 6.45) is 1.58. The van der Waals surface area contributed by atoms with Gasteiger partial charge in [-0.25, -0.2) is 14.6 Å². The lowest BCUT2D eigenvalue weighted by Crippen LogP contribution is -2.02. The molecule has 0 spiro atoms. The Labute approximate surface area is 110 Å². The molecule has 0 amide bonds. The quantitative estimate of drug-likeness (QED) is 0.693. The van der Waals surface area contributed by atoms with Crippen molar-refractivity contribution in [3.8, 4) is 5.82 Å². The Morgan fingerprint density at radius 3 is 2.82 bits per heavy atom. The van der Waals surface area contributed by atoms with Gasteiger partial charge < -0.3 is 0 Å². The molecule has 3 aromatic rings. The molecular weight excluding hydrogens is 300 g/mol. The molecular formula is C11H9BrN4S. The van der Waals surface area contributed by atoms with E-state index in [1.54, 1.807) is 17.7 Å². The van der Waals surface area contributed by atoms with Gasteiger partial charge in [-0.05, 0) is 41.2 Å². The second-order valence-corrected chi connectivity index (χ2v) is 5.44. The molecule has 0 unspecified atom stereocenters. The maximum Gasteiger partial charge on any atom is 0.174 e. The molecule has 3 aromatic heterocycles. The molecule has 86 valence electrons. The number of hydrogen-bond acceptors (Lipinski definition) is 4. The minimum absolute atomic E-state index is 0.844. The van der Waals surface area contributed by atoms with Crippen molar-refractivity contribution in [2.45, 2.75) is 13.8 Å². The van der Waals surface area contributed by atoms with Crippen molar-refractivity contribution in [1.29, 1.82) is 0 Å². The minimum atomic E-state index is 0.844. The van der Waals surface area contributed by atoms with Crippen molar-refractivity contribution in [2.75, 3.05) is 0 Å². The van der Waals surface area contributed by atoms with Crippen molar-refractivity contribution in [3.05, 3.63) is 33.6 Å². The summed E-state index contributed by atoms with van der Waals surface area (Å²) >= 11 is 5.16. The number of aryl methyl sites for hydroxylation is 1. The van der Waals surface area contributed by atoms with E-state index in [0.717, 1.165) is 31.9 Å². The Morgan fingerprint density at radius 1 is 1.29 bits per heavy atom. The molecule has 4 nitrogen and oxygen atoms in total. The molecule has 0 aliphatic heterocycles. The lowest BCUT2D eigenvalue weighted by atomic mass is 10.4. The van der Waals surface area contributed by atoms with Gasteiger partial charge in [0, 0.05) is 0 Å². The van der Waals surface area contributed by atoms with Crippen LogP contribution < -0.4 is 0 Å². The highest BCUT2D eigenvalue weighted by atomic mass is 79.9. The summed E-state index contributed by atoms with van der Waals surface area (Å²) in [5.41, 5.74) is 2.98. The van der Waals surface area contributed by atoms with Crippen LogP contribution in [0.2, 0.25) is 0 Å². The Bertz CT molecular complexity index is 701. The fourth-order valence-electron chi connectivity index (χ4n) is 1.76. The van der Waals surface area contributed by atoms with Gasteiger partial charge in [-0.1, -0.05) is 0 Å². The fourth-order valence-corrected chi connectivity index (χ4v) is 2.82. The van der Waals surface area contributed by atoms with Gasteiger partial charge in [-0.15, -0.1) is 11.3 Å². The third kappa shape index (κ3) is 1.59. The maximum absolute atomic E-state index is 4.50. The van der Waals surface area contributed by atoms with Gasteiger partial charge in [-0.3, -0.25) is 0 Å². The average Bonchev–Trinajstić information content (AvgIpc) is 2.89. The summed E-state index contributed by atoms with van der Waals surface area (Å²) in [6.45, 7) is 3.99. The predicted octanol–water partition coefficient (Wildman–Crippen LogP) is 3.26. The van der Waals surface area contributed by atoms with Crippen LogP contribution in [0.1, 0.15) is 11.4 Å². The molecule has 0 N–H and O–H groups in total. The van der Waals surface area contributed by atoms with Crippen molar-refractivity contribution >= 4 is 37.5 Å². The first-order chi connectivity index (χ1) is 8.18. The monoisotopic (exact) mass is 308 g/mol. The molecule has 3 rings (SSSR count). The second-order valence-electron chi connectivity index (χ2n) is 3.73. The molecule has 0 atom stereocenters.